The number of halogens is 1. The fraction of sp³-hybridized carbons (Fsp3) is 0.833. The molecule has 0 saturated carbocycles. The van der Waals surface area contributed by atoms with Gasteiger partial charge in [-0.15, -0.1) is 12.4 Å². The molecular weight excluding hydrogens is 170 g/mol. The Bertz CT molecular complexity index is 158. The van der Waals surface area contributed by atoms with Crippen LogP contribution in [-0.2, 0) is 9.53 Å². The van der Waals surface area contributed by atoms with Gasteiger partial charge in [0.15, 0.2) is 0 Å². The van der Waals surface area contributed by atoms with E-state index in [1.165, 1.54) is 0 Å². The first kappa shape index (κ1) is 8.77. The minimum Gasteiger partial charge on any atom is -0.480 e. The summed E-state index contributed by atoms with van der Waals surface area (Å²) in [5.41, 5.74) is 0. The average molecular weight is 183 g/mol. The van der Waals surface area contributed by atoms with Crippen molar-refractivity contribution in [1.29, 1.82) is 0 Å². The number of rotatable bonds is 2. The number of aliphatic carboxylic acids is 1. The summed E-state index contributed by atoms with van der Waals surface area (Å²) in [5.74, 6) is -0.846. The van der Waals surface area contributed by atoms with Gasteiger partial charge in [-0.25, -0.2) is 0 Å². The molecule has 11 heavy (non-hydrogen) atoms. The highest BCUT2D eigenvalue weighted by atomic mass is 35.5. The SMILES string of the molecule is Cl.[2H]CO[C@H]1CN[C@H](C(=O)O)C1. The molecular formula is C6H12ClNO3. The normalized spacial score (nSPS) is 30.7. The molecule has 0 spiro atoms. The van der Waals surface area contributed by atoms with Crippen molar-refractivity contribution in [3.63, 3.8) is 0 Å². The lowest BCUT2D eigenvalue weighted by Gasteiger charge is -2.03. The number of hydrogen-bond donors (Lipinski definition) is 2. The van der Waals surface area contributed by atoms with Crippen molar-refractivity contribution in [1.82, 2.24) is 5.32 Å². The van der Waals surface area contributed by atoms with Gasteiger partial charge >= 0.3 is 5.97 Å². The molecule has 0 radical (unpaired) electrons. The van der Waals surface area contributed by atoms with E-state index in [1.807, 2.05) is 0 Å². The molecule has 66 valence electrons. The molecule has 1 rings (SSSR count). The van der Waals surface area contributed by atoms with Crippen LogP contribution >= 0.6 is 12.4 Å². The maximum absolute atomic E-state index is 10.4. The number of methoxy groups -OCH3 is 1. The van der Waals surface area contributed by atoms with Gasteiger partial charge in [0.2, 0.25) is 0 Å². The molecule has 1 aliphatic heterocycles. The van der Waals surface area contributed by atoms with Gasteiger partial charge in [-0.05, 0) is 0 Å². The van der Waals surface area contributed by atoms with Gasteiger partial charge < -0.3 is 15.2 Å². The highest BCUT2D eigenvalue weighted by Crippen LogP contribution is 2.08. The lowest BCUT2D eigenvalue weighted by molar-refractivity contribution is -0.139. The van der Waals surface area contributed by atoms with Crippen LogP contribution in [0.4, 0.5) is 0 Å². The molecule has 0 unspecified atom stereocenters. The van der Waals surface area contributed by atoms with Crippen molar-refractivity contribution in [2.45, 2.75) is 18.6 Å². The van der Waals surface area contributed by atoms with Crippen LogP contribution in [0.5, 0.6) is 0 Å². The average Bonchev–Trinajstić information content (AvgIpc) is 2.37. The summed E-state index contributed by atoms with van der Waals surface area (Å²) >= 11 is 0. The van der Waals surface area contributed by atoms with Crippen LogP contribution in [0.15, 0.2) is 0 Å². The summed E-state index contributed by atoms with van der Waals surface area (Å²) in [7, 11) is -0.0985. The topological polar surface area (TPSA) is 58.6 Å². The quantitative estimate of drug-likeness (QED) is 0.625. The summed E-state index contributed by atoms with van der Waals surface area (Å²) in [6.45, 7) is 0.538. The maximum atomic E-state index is 10.4. The summed E-state index contributed by atoms with van der Waals surface area (Å²) in [5, 5.41) is 11.3. The Hall–Kier alpha value is -0.320. The third-order valence-electron chi connectivity index (χ3n) is 1.62. The second-order valence-electron chi connectivity index (χ2n) is 2.32. The molecule has 1 aliphatic rings. The van der Waals surface area contributed by atoms with Crippen LogP contribution in [-0.4, -0.2) is 36.9 Å². The Morgan fingerprint density at radius 3 is 3.09 bits per heavy atom. The molecule has 0 aromatic rings. The Balaban J connectivity index is 0.00000121. The van der Waals surface area contributed by atoms with E-state index in [4.69, 9.17) is 11.2 Å². The first-order valence-corrected chi connectivity index (χ1v) is 3.11. The van der Waals surface area contributed by atoms with Crippen LogP contribution in [0.3, 0.4) is 0 Å². The third-order valence-corrected chi connectivity index (χ3v) is 1.62. The fourth-order valence-corrected chi connectivity index (χ4v) is 1.02. The van der Waals surface area contributed by atoms with Crippen LogP contribution in [0.2, 0.25) is 0 Å². The van der Waals surface area contributed by atoms with E-state index in [9.17, 15) is 4.79 Å². The molecule has 0 amide bonds. The van der Waals surface area contributed by atoms with Crippen LogP contribution in [0.25, 0.3) is 0 Å². The Kier molecular flexibility index (Phi) is 3.62. The van der Waals surface area contributed by atoms with E-state index in [2.05, 4.69) is 5.32 Å². The zero-order valence-electron chi connectivity index (χ0n) is 6.95. The Labute approximate surface area is 72.7 Å². The van der Waals surface area contributed by atoms with Gasteiger partial charge in [0, 0.05) is 20.1 Å². The summed E-state index contributed by atoms with van der Waals surface area (Å²) in [6.07, 6.45) is 0.363. The molecule has 1 heterocycles. The highest BCUT2D eigenvalue weighted by molar-refractivity contribution is 5.85. The second kappa shape index (κ2) is 4.54. The Morgan fingerprint density at radius 2 is 2.64 bits per heavy atom. The van der Waals surface area contributed by atoms with E-state index >= 15 is 0 Å². The monoisotopic (exact) mass is 182 g/mol. The van der Waals surface area contributed by atoms with Gasteiger partial charge in [0.1, 0.15) is 6.04 Å². The zero-order chi connectivity index (χ0) is 8.27. The second-order valence-corrected chi connectivity index (χ2v) is 2.32. The van der Waals surface area contributed by atoms with Gasteiger partial charge in [0.25, 0.3) is 0 Å². The molecule has 0 aromatic carbocycles. The molecule has 1 fully saturated rings. The minimum absolute atomic E-state index is 0. The van der Waals surface area contributed by atoms with Crippen LogP contribution in [0, 0.1) is 0 Å². The smallest absolute Gasteiger partial charge is 0.320 e. The maximum Gasteiger partial charge on any atom is 0.320 e. The van der Waals surface area contributed by atoms with Crippen molar-refractivity contribution in [2.75, 3.05) is 13.6 Å². The molecule has 2 atom stereocenters. The third kappa shape index (κ3) is 2.65. The van der Waals surface area contributed by atoms with E-state index < -0.39 is 12.0 Å². The lowest BCUT2D eigenvalue weighted by atomic mass is 10.2. The number of carboxylic acids is 1. The van der Waals surface area contributed by atoms with Crippen molar-refractivity contribution < 1.29 is 16.0 Å². The van der Waals surface area contributed by atoms with E-state index in [0.717, 1.165) is 0 Å². The summed E-state index contributed by atoms with van der Waals surface area (Å²) in [6, 6.07) is -0.494. The number of carboxylic acid groups (broad SMARTS) is 1. The van der Waals surface area contributed by atoms with Gasteiger partial charge in [0.05, 0.1) is 7.47 Å². The fourth-order valence-electron chi connectivity index (χ4n) is 1.02. The van der Waals surface area contributed by atoms with Crippen LogP contribution in [0.1, 0.15) is 7.79 Å². The lowest BCUT2D eigenvalue weighted by Crippen LogP contribution is -2.29. The molecule has 4 nitrogen and oxygen atoms in total. The van der Waals surface area contributed by atoms with Crippen molar-refractivity contribution >= 4 is 18.4 Å². The first-order chi connectivity index (χ1) is 5.24. The predicted octanol–water partition coefficient (Wildman–Crippen LogP) is -0.130. The van der Waals surface area contributed by atoms with Crippen molar-refractivity contribution in [2.24, 2.45) is 0 Å². The molecule has 0 bridgehead atoms. The standard InChI is InChI=1S/C6H11NO3.ClH/c1-10-4-2-5(6(8)9)7-3-4;/h4-5,7H,2-3H2,1H3,(H,8,9);1H/t4-,5+;/m1./s1/i1D;. The number of carbonyl (C=O) groups is 1. The minimum atomic E-state index is -0.846. The van der Waals surface area contributed by atoms with E-state index in [0.29, 0.717) is 13.0 Å². The number of ether oxygens (including phenoxy) is 1. The van der Waals surface area contributed by atoms with E-state index in [-0.39, 0.29) is 25.6 Å². The van der Waals surface area contributed by atoms with Gasteiger partial charge in [-0.2, -0.15) is 0 Å². The molecule has 0 aliphatic carbocycles. The molecule has 5 heteroatoms. The zero-order valence-corrected chi connectivity index (χ0v) is 6.76. The molecule has 0 aromatic heterocycles. The predicted molar refractivity (Wildman–Crippen MR) is 42.1 cm³/mol. The molecule has 1 saturated heterocycles. The van der Waals surface area contributed by atoms with E-state index in [1.54, 1.807) is 0 Å². The van der Waals surface area contributed by atoms with Gasteiger partial charge in [-0.3, -0.25) is 4.79 Å². The Morgan fingerprint density at radius 1 is 1.91 bits per heavy atom. The van der Waals surface area contributed by atoms with Crippen molar-refractivity contribution in [3.05, 3.63) is 0 Å². The number of nitrogens with one attached hydrogen (secondary N) is 1. The molecule has 2 N–H and O–H groups in total. The van der Waals surface area contributed by atoms with Gasteiger partial charge in [-0.1, -0.05) is 0 Å². The highest BCUT2D eigenvalue weighted by Gasteiger charge is 2.28. The summed E-state index contributed by atoms with van der Waals surface area (Å²) in [4.78, 5) is 10.4. The number of hydrogen-bond acceptors (Lipinski definition) is 3. The van der Waals surface area contributed by atoms with Crippen molar-refractivity contribution in [3.8, 4) is 0 Å². The first-order valence-electron chi connectivity index (χ1n) is 3.81. The van der Waals surface area contributed by atoms with Crippen LogP contribution < -0.4 is 5.32 Å². The summed E-state index contributed by atoms with van der Waals surface area (Å²) < 4.78 is 11.7. The largest absolute Gasteiger partial charge is 0.480 e.